The number of carboxylic acid groups (broad SMARTS) is 1. The SMILES string of the molecule is CC(C)(C)OC(=O)N[C@@H](Cc1ccc([N+](=O)[O-])cc1)C(=O)O.CC(C)(C)OC(=O)N[C@@H](Cc1ccc([N+](=O)[O-])cc1)C(N)=O.CC(C)(C)OC(=O)N[C@@H](Cc1ccc([N+](=O)[O-])cc1)C(N)=S.CC(C)(C)OC(=O)N[C@@H](Cc1ccc([N+](=O)[O-])cc1)C(N)=S.CC(C)(C)OC(=O)N[C@@H](Cc1ccc([N+](=O)[O-])cc1)C(N)=S.CCC(=O)CBr. The van der Waals surface area contributed by atoms with Crippen molar-refractivity contribution in [1.29, 1.82) is 0 Å². The van der Waals surface area contributed by atoms with Crippen LogP contribution < -0.4 is 49.5 Å². The largest absolute Gasteiger partial charge is 0.480 e. The van der Waals surface area contributed by atoms with Crippen LogP contribution in [0, 0.1) is 50.6 Å². The van der Waals surface area contributed by atoms with Gasteiger partial charge in [-0.1, -0.05) is 120 Å². The number of Topliss-reactive ketones (excluding diaryl/α,β-unsaturated/α-hetero) is 1. The number of amides is 6. The Balaban J connectivity index is 0.00000140. The van der Waals surface area contributed by atoms with Crippen molar-refractivity contribution >= 4 is 144 Å². The van der Waals surface area contributed by atoms with Gasteiger partial charge in [0.2, 0.25) is 5.91 Å². The molecule has 5 aromatic rings. The summed E-state index contributed by atoms with van der Waals surface area (Å²) in [7, 11) is 0. The van der Waals surface area contributed by atoms with Crippen LogP contribution in [0.1, 0.15) is 145 Å². The summed E-state index contributed by atoms with van der Waals surface area (Å²) in [5, 5.41) is 75.1. The summed E-state index contributed by atoms with van der Waals surface area (Å²) in [5.74, 6) is -1.68. The van der Waals surface area contributed by atoms with Gasteiger partial charge >= 0.3 is 36.4 Å². The molecule has 0 saturated heterocycles. The fraction of sp³-hybridized carbons (Fsp3) is 0.446. The first kappa shape index (κ1) is 104. The topological polar surface area (TPSA) is 583 Å². The van der Waals surface area contributed by atoms with Crippen molar-refractivity contribution in [1.82, 2.24) is 26.6 Å². The van der Waals surface area contributed by atoms with E-state index in [0.717, 1.165) is 16.7 Å². The Morgan fingerprint density at radius 3 is 0.647 bits per heavy atom. The Labute approximate surface area is 694 Å². The summed E-state index contributed by atoms with van der Waals surface area (Å²) in [6.07, 6.45) is -1.71. The normalized spacial score (nSPS) is 12.1. The van der Waals surface area contributed by atoms with Crippen molar-refractivity contribution in [2.45, 2.75) is 208 Å². The Hall–Kier alpha value is -11.8. The van der Waals surface area contributed by atoms with Gasteiger partial charge in [-0.3, -0.25) is 60.2 Å². The fourth-order valence-corrected chi connectivity index (χ4v) is 9.21. The van der Waals surface area contributed by atoms with Crippen LogP contribution in [0.3, 0.4) is 0 Å². The molecule has 0 aliphatic heterocycles. The standard InChI is InChI=1S/C14H19N3O5.3C14H19N3O4S.C14H18N2O6.C4H7BrO/c1-14(2,3)22-13(19)16-11(12(15)18)8-9-4-6-10(7-5-9)17(20)21;3*1-14(2,3)21-13(18)16-11(12(15)22)8-9-4-6-10(7-5-9)17(19)20;1-14(2,3)22-13(19)15-11(12(17)18)8-9-4-6-10(7-5-9)16(20)21;1-2-4(6)3-5/h4-7,11H,8H2,1-3H3,(H2,15,18)(H,16,19);3*4-7,11H,8H2,1-3H3,(H2,15,22)(H,16,18);4-7,11H,8H2,1-3H3,(H,15,19)(H,17,18);2-3H2,1H3/t5*11-;/m00000./s1. The molecular formula is C74H101BrN14O24S3. The number of carbonyl (C=O) groups is 8. The number of thiocarbonyl (C=S) groups is 3. The highest BCUT2D eigenvalue weighted by atomic mass is 79.9. The number of nitrogens with one attached hydrogen (secondary N) is 5. The molecule has 0 fully saturated rings. The molecule has 38 nitrogen and oxygen atoms in total. The van der Waals surface area contributed by atoms with E-state index in [1.807, 2.05) is 6.92 Å². The van der Waals surface area contributed by atoms with E-state index in [4.69, 9.17) is 88.4 Å². The number of non-ortho nitro benzene ring substituents is 5. The molecule has 0 spiro atoms. The van der Waals surface area contributed by atoms with Gasteiger partial charge in [-0.2, -0.15) is 0 Å². The number of carboxylic acids is 1. The number of benzene rings is 5. The predicted octanol–water partition coefficient (Wildman–Crippen LogP) is 11.9. The second-order valence-corrected chi connectivity index (χ2v) is 31.6. The molecule has 5 aromatic carbocycles. The molecule has 0 aliphatic rings. The van der Waals surface area contributed by atoms with Crippen molar-refractivity contribution in [3.8, 4) is 0 Å². The molecule has 5 rings (SSSR count). The third kappa shape index (κ3) is 48.3. The fourth-order valence-electron chi connectivity index (χ4n) is 8.38. The summed E-state index contributed by atoms with van der Waals surface area (Å²) in [4.78, 5) is 142. The van der Waals surface area contributed by atoms with Crippen LogP contribution >= 0.6 is 52.6 Å². The Morgan fingerprint density at radius 2 is 0.517 bits per heavy atom. The van der Waals surface area contributed by atoms with Crippen molar-refractivity contribution in [2.75, 3.05) is 5.33 Å². The van der Waals surface area contributed by atoms with Crippen molar-refractivity contribution in [3.63, 3.8) is 0 Å². The molecule has 636 valence electrons. The first-order chi connectivity index (χ1) is 53.2. The van der Waals surface area contributed by atoms with Crippen LogP contribution in [0.15, 0.2) is 121 Å². The van der Waals surface area contributed by atoms with Crippen LogP contribution in [0.25, 0.3) is 0 Å². The van der Waals surface area contributed by atoms with Crippen LogP contribution in [0.4, 0.5) is 52.4 Å². The van der Waals surface area contributed by atoms with Crippen molar-refractivity contribution < 1.29 is 91.8 Å². The quantitative estimate of drug-likeness (QED) is 0.00767. The Kier molecular flexibility index (Phi) is 44.1. The van der Waals surface area contributed by atoms with Gasteiger partial charge in [0.15, 0.2) is 0 Å². The maximum atomic E-state index is 11.8. The minimum absolute atomic E-state index is 0.00396. The van der Waals surface area contributed by atoms with Gasteiger partial charge in [0, 0.05) is 79.9 Å². The first-order valence-electron chi connectivity index (χ1n) is 34.8. The number of carbonyl (C=O) groups excluding carboxylic acids is 7. The summed E-state index contributed by atoms with van der Waals surface area (Å²) in [5.41, 5.74) is 22.1. The van der Waals surface area contributed by atoms with Crippen molar-refractivity contribution in [2.24, 2.45) is 22.9 Å². The van der Waals surface area contributed by atoms with E-state index >= 15 is 0 Å². The number of aliphatic carboxylic acids is 1. The number of primary amides is 1. The van der Waals surface area contributed by atoms with Gasteiger partial charge in [0.05, 0.1) is 63.0 Å². The molecule has 0 aliphatic carbocycles. The molecular weight excluding hydrogens is 1640 g/mol. The maximum absolute atomic E-state index is 11.8. The smallest absolute Gasteiger partial charge is 0.408 e. The van der Waals surface area contributed by atoms with Gasteiger partial charge in [0.1, 0.15) is 45.9 Å². The lowest BCUT2D eigenvalue weighted by Gasteiger charge is -2.23. The highest BCUT2D eigenvalue weighted by molar-refractivity contribution is 9.09. The van der Waals surface area contributed by atoms with E-state index in [2.05, 4.69) is 42.5 Å². The minimum Gasteiger partial charge on any atom is -0.480 e. The molecule has 0 radical (unpaired) electrons. The van der Waals surface area contributed by atoms with E-state index in [1.54, 1.807) is 140 Å². The third-order valence-corrected chi connectivity index (χ3v) is 15.1. The number of nitro benzene ring substituents is 5. The lowest BCUT2D eigenvalue weighted by atomic mass is 10.1. The van der Waals surface area contributed by atoms with Gasteiger partial charge in [-0.25, -0.2) is 28.8 Å². The average molecular weight is 1750 g/mol. The molecule has 0 bridgehead atoms. The molecule has 0 unspecified atom stereocenters. The summed E-state index contributed by atoms with van der Waals surface area (Å²) >= 11 is 17.9. The number of nitrogens with two attached hydrogens (primary N) is 4. The maximum Gasteiger partial charge on any atom is 0.408 e. The number of hydrogen-bond donors (Lipinski definition) is 10. The number of ketones is 1. The second kappa shape index (κ2) is 49.1. The van der Waals surface area contributed by atoms with Crippen LogP contribution in [-0.2, 0) is 70.2 Å². The van der Waals surface area contributed by atoms with Crippen LogP contribution in [0.5, 0.6) is 0 Å². The lowest BCUT2D eigenvalue weighted by Crippen LogP contribution is -2.47. The van der Waals surface area contributed by atoms with Gasteiger partial charge in [-0.15, -0.1) is 0 Å². The summed E-state index contributed by atoms with van der Waals surface area (Å²) in [6.45, 7) is 27.7. The van der Waals surface area contributed by atoms with E-state index in [-0.39, 0.29) is 62.0 Å². The lowest BCUT2D eigenvalue weighted by molar-refractivity contribution is -0.385. The molecule has 0 saturated carbocycles. The third-order valence-electron chi connectivity index (χ3n) is 13.6. The Morgan fingerprint density at radius 1 is 0.353 bits per heavy atom. The van der Waals surface area contributed by atoms with E-state index in [9.17, 15) is 88.9 Å². The first-order valence-corrected chi connectivity index (χ1v) is 37.2. The minimum atomic E-state index is -1.22. The zero-order valence-electron chi connectivity index (χ0n) is 66.9. The molecule has 116 heavy (non-hydrogen) atoms. The van der Waals surface area contributed by atoms with Gasteiger partial charge in [0.25, 0.3) is 28.4 Å². The van der Waals surface area contributed by atoms with E-state index < -0.39 is 125 Å². The molecule has 6 amide bonds. The molecule has 0 heterocycles. The highest BCUT2D eigenvalue weighted by Crippen LogP contribution is 2.21. The number of alkyl carbamates (subject to hydrolysis) is 5. The van der Waals surface area contributed by atoms with E-state index in [0.29, 0.717) is 42.1 Å². The highest BCUT2D eigenvalue weighted by Gasteiger charge is 2.29. The molecule has 42 heteroatoms. The Bertz CT molecular complexity index is 3580. The van der Waals surface area contributed by atoms with Gasteiger partial charge < -0.3 is 78.3 Å². The summed E-state index contributed by atoms with van der Waals surface area (Å²) < 4.78 is 25.5. The van der Waals surface area contributed by atoms with E-state index in [1.165, 1.54) is 84.9 Å². The van der Waals surface area contributed by atoms with Gasteiger partial charge in [-0.05, 0) is 151 Å². The molecule has 0 aromatic heterocycles. The zero-order valence-corrected chi connectivity index (χ0v) is 70.9. The van der Waals surface area contributed by atoms with Crippen molar-refractivity contribution in [3.05, 3.63) is 200 Å². The average Bonchev–Trinajstić information content (AvgIpc) is 0.885. The van der Waals surface area contributed by atoms with Crippen LogP contribution in [0.2, 0.25) is 0 Å². The van der Waals surface area contributed by atoms with Crippen LogP contribution in [-0.4, -0.2) is 156 Å². The number of rotatable bonds is 27. The second-order valence-electron chi connectivity index (χ2n) is 29.6. The molecule has 14 N–H and O–H groups in total. The number of nitro groups is 5. The zero-order chi connectivity index (χ0) is 89.6. The number of alkyl halides is 1. The monoisotopic (exact) mass is 1740 g/mol. The summed E-state index contributed by atoms with van der Waals surface area (Å²) in [6, 6.07) is 25.1. The number of nitrogens with zero attached hydrogens (tertiary/aromatic N) is 5. The number of hydrogen-bond acceptors (Lipinski definition) is 26. The number of ether oxygens (including phenoxy) is 5. The molecule has 5 atom stereocenters. The number of halogens is 1. The predicted molar refractivity (Wildman–Crippen MR) is 446 cm³/mol.